The minimum atomic E-state index is -1.11. The Balaban J connectivity index is 2.30. The maximum absolute atomic E-state index is 11.6. The summed E-state index contributed by atoms with van der Waals surface area (Å²) < 4.78 is 0. The van der Waals surface area contributed by atoms with Gasteiger partial charge in [-0.2, -0.15) is 0 Å². The van der Waals surface area contributed by atoms with E-state index in [-0.39, 0.29) is 16.6 Å². The van der Waals surface area contributed by atoms with E-state index in [1.807, 2.05) is 0 Å². The summed E-state index contributed by atoms with van der Waals surface area (Å²) in [5.41, 5.74) is -0.0787. The van der Waals surface area contributed by atoms with Gasteiger partial charge in [-0.3, -0.25) is 4.79 Å². The highest BCUT2D eigenvalue weighted by atomic mass is 32.1. The molecule has 0 unspecified atom stereocenters. The number of thiazole rings is 1. The summed E-state index contributed by atoms with van der Waals surface area (Å²) in [6.07, 6.45) is 3.16. The number of nitrogens with one attached hydrogen (secondary N) is 1. The minimum Gasteiger partial charge on any atom is -0.476 e. The molecule has 0 bridgehead atoms. The number of amides is 1. The van der Waals surface area contributed by atoms with Crippen molar-refractivity contribution in [1.29, 1.82) is 0 Å². The smallest absolute Gasteiger partial charge is 0.355 e. The van der Waals surface area contributed by atoms with Crippen LogP contribution in [0, 0.1) is 5.92 Å². The van der Waals surface area contributed by atoms with Crippen molar-refractivity contribution in [2.45, 2.75) is 33.1 Å². The van der Waals surface area contributed by atoms with Crippen molar-refractivity contribution in [2.75, 3.05) is 6.54 Å². The van der Waals surface area contributed by atoms with Crippen LogP contribution in [0.4, 0.5) is 0 Å². The molecule has 0 spiro atoms. The molecule has 0 aliphatic heterocycles. The molecule has 0 fully saturated rings. The van der Waals surface area contributed by atoms with E-state index < -0.39 is 5.97 Å². The predicted octanol–water partition coefficient (Wildman–Crippen LogP) is 2.40. The second-order valence-electron chi connectivity index (χ2n) is 4.49. The van der Waals surface area contributed by atoms with E-state index >= 15 is 0 Å². The summed E-state index contributed by atoms with van der Waals surface area (Å²) in [5.74, 6) is -0.725. The highest BCUT2D eigenvalue weighted by molar-refractivity contribution is 7.11. The standard InChI is InChI=1S/C12H18N2O3S/c1-8(2)5-3-4-6-13-10(15)11-14-9(7-18-11)12(16)17/h7-8H,3-6H2,1-2H3,(H,13,15)(H,16,17). The maximum Gasteiger partial charge on any atom is 0.355 e. The Morgan fingerprint density at radius 1 is 1.44 bits per heavy atom. The summed E-state index contributed by atoms with van der Waals surface area (Å²) in [4.78, 5) is 26.0. The molecule has 6 heteroatoms. The number of unbranched alkanes of at least 4 members (excludes halogenated alkanes) is 1. The number of rotatable bonds is 7. The normalized spacial score (nSPS) is 10.6. The molecule has 1 rings (SSSR count). The van der Waals surface area contributed by atoms with Crippen molar-refractivity contribution in [1.82, 2.24) is 10.3 Å². The van der Waals surface area contributed by atoms with Crippen LogP contribution in [0.5, 0.6) is 0 Å². The average Bonchev–Trinajstić information content (AvgIpc) is 2.77. The predicted molar refractivity (Wildman–Crippen MR) is 70.1 cm³/mol. The number of aromatic nitrogens is 1. The molecule has 0 aliphatic rings. The average molecular weight is 270 g/mol. The third-order valence-corrected chi connectivity index (χ3v) is 3.25. The third kappa shape index (κ3) is 4.83. The fraction of sp³-hybridized carbons (Fsp3) is 0.583. The van der Waals surface area contributed by atoms with Crippen LogP contribution >= 0.6 is 11.3 Å². The van der Waals surface area contributed by atoms with Crippen molar-refractivity contribution in [2.24, 2.45) is 5.92 Å². The van der Waals surface area contributed by atoms with Gasteiger partial charge in [0.05, 0.1) is 0 Å². The van der Waals surface area contributed by atoms with E-state index in [2.05, 4.69) is 24.1 Å². The van der Waals surface area contributed by atoms with Crippen LogP contribution in [0.3, 0.4) is 0 Å². The molecule has 18 heavy (non-hydrogen) atoms. The van der Waals surface area contributed by atoms with Gasteiger partial charge in [-0.05, 0) is 12.3 Å². The van der Waals surface area contributed by atoms with Gasteiger partial charge < -0.3 is 10.4 Å². The lowest BCUT2D eigenvalue weighted by atomic mass is 10.1. The molecular weight excluding hydrogens is 252 g/mol. The lowest BCUT2D eigenvalue weighted by Crippen LogP contribution is -2.24. The van der Waals surface area contributed by atoms with Crippen LogP contribution in [0.1, 0.15) is 53.4 Å². The Morgan fingerprint density at radius 2 is 2.17 bits per heavy atom. The van der Waals surface area contributed by atoms with E-state index in [1.165, 1.54) is 5.38 Å². The molecule has 0 atom stereocenters. The number of aromatic carboxylic acids is 1. The van der Waals surface area contributed by atoms with Crippen molar-refractivity contribution in [3.8, 4) is 0 Å². The number of carbonyl (C=O) groups is 2. The number of carbonyl (C=O) groups excluding carboxylic acids is 1. The molecular formula is C12H18N2O3S. The quantitative estimate of drug-likeness (QED) is 0.746. The van der Waals surface area contributed by atoms with Crippen molar-refractivity contribution in [3.05, 3.63) is 16.1 Å². The molecule has 1 aromatic heterocycles. The maximum atomic E-state index is 11.6. The van der Waals surface area contributed by atoms with Gasteiger partial charge in [-0.25, -0.2) is 9.78 Å². The topological polar surface area (TPSA) is 79.3 Å². The van der Waals surface area contributed by atoms with Gasteiger partial charge in [-0.1, -0.05) is 26.7 Å². The molecule has 0 saturated carbocycles. The third-order valence-electron chi connectivity index (χ3n) is 2.41. The summed E-state index contributed by atoms with van der Waals surface area (Å²) in [7, 11) is 0. The molecule has 0 radical (unpaired) electrons. The van der Waals surface area contributed by atoms with E-state index in [9.17, 15) is 9.59 Å². The van der Waals surface area contributed by atoms with E-state index in [4.69, 9.17) is 5.11 Å². The monoisotopic (exact) mass is 270 g/mol. The number of carboxylic acid groups (broad SMARTS) is 1. The van der Waals surface area contributed by atoms with Gasteiger partial charge in [0, 0.05) is 11.9 Å². The zero-order chi connectivity index (χ0) is 13.5. The second-order valence-corrected chi connectivity index (χ2v) is 5.35. The summed E-state index contributed by atoms with van der Waals surface area (Å²) in [6, 6.07) is 0. The molecule has 1 heterocycles. The van der Waals surface area contributed by atoms with Crippen LogP contribution in [-0.2, 0) is 0 Å². The highest BCUT2D eigenvalue weighted by Gasteiger charge is 2.13. The number of hydrogen-bond acceptors (Lipinski definition) is 4. The molecule has 0 saturated heterocycles. The molecule has 0 aromatic carbocycles. The first kappa shape index (κ1) is 14.6. The molecule has 1 aromatic rings. The van der Waals surface area contributed by atoms with Gasteiger partial charge in [0.1, 0.15) is 0 Å². The lowest BCUT2D eigenvalue weighted by molar-refractivity contribution is 0.0691. The van der Waals surface area contributed by atoms with Gasteiger partial charge in [0.25, 0.3) is 5.91 Å². The van der Waals surface area contributed by atoms with Gasteiger partial charge in [0.2, 0.25) is 0 Å². The van der Waals surface area contributed by atoms with Crippen molar-refractivity contribution < 1.29 is 14.7 Å². The number of nitrogens with zero attached hydrogens (tertiary/aromatic N) is 1. The Hall–Kier alpha value is -1.43. The fourth-order valence-electron chi connectivity index (χ4n) is 1.43. The van der Waals surface area contributed by atoms with Gasteiger partial charge in [0.15, 0.2) is 10.7 Å². The Kier molecular flexibility index (Phi) is 5.77. The van der Waals surface area contributed by atoms with Crippen LogP contribution in [0.15, 0.2) is 5.38 Å². The molecule has 0 aliphatic carbocycles. The van der Waals surface area contributed by atoms with Crippen LogP contribution in [0.25, 0.3) is 0 Å². The highest BCUT2D eigenvalue weighted by Crippen LogP contribution is 2.10. The zero-order valence-corrected chi connectivity index (χ0v) is 11.4. The van der Waals surface area contributed by atoms with E-state index in [0.29, 0.717) is 12.5 Å². The first-order valence-corrected chi connectivity index (χ1v) is 6.85. The largest absolute Gasteiger partial charge is 0.476 e. The lowest BCUT2D eigenvalue weighted by Gasteiger charge is -2.05. The summed E-state index contributed by atoms with van der Waals surface area (Å²) in [6.45, 7) is 4.94. The fourth-order valence-corrected chi connectivity index (χ4v) is 2.14. The molecule has 2 N–H and O–H groups in total. The Labute approximate surface area is 110 Å². The zero-order valence-electron chi connectivity index (χ0n) is 10.6. The molecule has 5 nitrogen and oxygen atoms in total. The van der Waals surface area contributed by atoms with Crippen molar-refractivity contribution in [3.63, 3.8) is 0 Å². The van der Waals surface area contributed by atoms with Gasteiger partial charge >= 0.3 is 5.97 Å². The van der Waals surface area contributed by atoms with Gasteiger partial charge in [-0.15, -0.1) is 11.3 Å². The first-order valence-electron chi connectivity index (χ1n) is 5.97. The molecule has 100 valence electrons. The summed E-state index contributed by atoms with van der Waals surface area (Å²) in [5, 5.41) is 13.0. The number of carboxylic acids is 1. The van der Waals surface area contributed by atoms with E-state index in [1.54, 1.807) is 0 Å². The first-order chi connectivity index (χ1) is 8.50. The van der Waals surface area contributed by atoms with E-state index in [0.717, 1.165) is 30.6 Å². The summed E-state index contributed by atoms with van der Waals surface area (Å²) >= 11 is 1.05. The number of hydrogen-bond donors (Lipinski definition) is 2. The van der Waals surface area contributed by atoms with Crippen LogP contribution in [-0.4, -0.2) is 28.5 Å². The molecule has 1 amide bonds. The Morgan fingerprint density at radius 3 is 2.72 bits per heavy atom. The minimum absolute atomic E-state index is 0.0787. The van der Waals surface area contributed by atoms with Crippen molar-refractivity contribution >= 4 is 23.2 Å². The van der Waals surface area contributed by atoms with Crippen LogP contribution in [0.2, 0.25) is 0 Å². The SMILES string of the molecule is CC(C)CCCCNC(=O)c1nc(C(=O)O)cs1. The van der Waals surface area contributed by atoms with Crippen LogP contribution < -0.4 is 5.32 Å². The Bertz CT molecular complexity index is 415. The second kappa shape index (κ2) is 7.10.